The summed E-state index contributed by atoms with van der Waals surface area (Å²) in [6.07, 6.45) is -6.44. The zero-order valence-electron chi connectivity index (χ0n) is 22.2. The van der Waals surface area contributed by atoms with Crippen molar-refractivity contribution in [2.24, 2.45) is 0 Å². The molecule has 2 saturated heterocycles. The molecular weight excluding hydrogens is 513 g/mol. The number of aromatic nitrogens is 1. The molecule has 2 aliphatic heterocycles. The van der Waals surface area contributed by atoms with Crippen molar-refractivity contribution in [3.05, 3.63) is 52.2 Å². The van der Waals surface area contributed by atoms with Crippen LogP contribution in [0.4, 0.5) is 33.5 Å². The van der Waals surface area contributed by atoms with Crippen LogP contribution in [0.2, 0.25) is 5.02 Å². The summed E-state index contributed by atoms with van der Waals surface area (Å²) < 4.78 is 105. The number of amides is 2. The van der Waals surface area contributed by atoms with Crippen molar-refractivity contribution in [3.8, 4) is 0 Å². The molecule has 1 aromatic heterocycles. The van der Waals surface area contributed by atoms with Crippen LogP contribution in [-0.4, -0.2) is 47.3 Å². The number of carbonyl (C=O) groups is 2. The lowest BCUT2D eigenvalue weighted by atomic mass is 9.97. The van der Waals surface area contributed by atoms with Crippen LogP contribution in [0.25, 0.3) is 0 Å². The Morgan fingerprint density at radius 2 is 1.86 bits per heavy atom. The molecular formula is C23H21ClF5N3O4. The highest BCUT2D eigenvalue weighted by Gasteiger charge is 2.68. The Labute approximate surface area is 211 Å². The standard InChI is InChI=1S/C23H21ClF5N3O4/c1-10-6-11(23(27,28)29)7-16(30-10)32-17(18-22(4,20(32)34)36-21(2,3)35-18)19(33)31(5)15-8-12(24)13(25)9-14(15)26/h6-9,17-18H,1-5H3/t17-,18-,22-/m0/s1/i5D3. The maximum Gasteiger partial charge on any atom is 0.416 e. The molecule has 2 amide bonds. The van der Waals surface area contributed by atoms with Crippen molar-refractivity contribution >= 4 is 34.9 Å². The Morgan fingerprint density at radius 3 is 2.47 bits per heavy atom. The number of alkyl halides is 3. The van der Waals surface area contributed by atoms with Crippen LogP contribution in [0.1, 0.15) is 36.1 Å². The summed E-state index contributed by atoms with van der Waals surface area (Å²) >= 11 is 5.73. The number of rotatable bonds is 3. The van der Waals surface area contributed by atoms with Crippen LogP contribution in [0, 0.1) is 18.6 Å². The minimum Gasteiger partial charge on any atom is -0.341 e. The second kappa shape index (κ2) is 8.35. The molecule has 2 fully saturated rings. The number of ether oxygens (including phenoxy) is 2. The predicted octanol–water partition coefficient (Wildman–Crippen LogP) is 4.63. The second-order valence-corrected chi connectivity index (χ2v) is 9.42. The van der Waals surface area contributed by atoms with Crippen molar-refractivity contribution in [2.45, 2.75) is 57.4 Å². The minimum absolute atomic E-state index is 0.0283. The van der Waals surface area contributed by atoms with Gasteiger partial charge in [0.2, 0.25) is 0 Å². The number of fused-ring (bicyclic) bond motifs is 1. The van der Waals surface area contributed by atoms with E-state index in [1.807, 2.05) is 0 Å². The van der Waals surface area contributed by atoms with Crippen LogP contribution in [0.15, 0.2) is 24.3 Å². The zero-order chi connectivity index (χ0) is 29.5. The van der Waals surface area contributed by atoms with Gasteiger partial charge >= 0.3 is 6.18 Å². The summed E-state index contributed by atoms with van der Waals surface area (Å²) in [6, 6.07) is 0.0593. The van der Waals surface area contributed by atoms with Crippen molar-refractivity contribution in [2.75, 3.05) is 16.8 Å². The lowest BCUT2D eigenvalue weighted by Gasteiger charge is -2.31. The molecule has 194 valence electrons. The van der Waals surface area contributed by atoms with Gasteiger partial charge in [-0.25, -0.2) is 13.8 Å². The normalized spacial score (nSPS) is 26.9. The highest BCUT2D eigenvalue weighted by atomic mass is 35.5. The molecule has 3 heterocycles. The van der Waals surface area contributed by atoms with Gasteiger partial charge in [-0.15, -0.1) is 0 Å². The van der Waals surface area contributed by atoms with Gasteiger partial charge in [-0.1, -0.05) is 11.6 Å². The van der Waals surface area contributed by atoms with E-state index in [1.54, 1.807) is 0 Å². The summed E-state index contributed by atoms with van der Waals surface area (Å²) in [5.74, 6) is -7.38. The molecule has 0 radical (unpaired) electrons. The lowest BCUT2D eigenvalue weighted by molar-refractivity contribution is -0.173. The molecule has 2 aliphatic rings. The van der Waals surface area contributed by atoms with Gasteiger partial charge in [-0.05, 0) is 45.9 Å². The zero-order valence-corrected chi connectivity index (χ0v) is 20.0. The molecule has 2 aromatic rings. The van der Waals surface area contributed by atoms with Gasteiger partial charge < -0.3 is 14.4 Å². The van der Waals surface area contributed by atoms with Crippen molar-refractivity contribution in [3.63, 3.8) is 0 Å². The number of halogens is 6. The van der Waals surface area contributed by atoms with Crippen LogP contribution in [0.5, 0.6) is 0 Å². The molecule has 0 unspecified atom stereocenters. The SMILES string of the molecule is [2H]C([2H])([2H])N(C(=O)[C@@H]1[C@@H]2OC(C)(C)O[C@]2(C)C(=O)N1c1cc(C(F)(F)F)cc(C)n1)c1cc(Cl)c(F)cc1F. The van der Waals surface area contributed by atoms with E-state index in [0.717, 1.165) is 0 Å². The van der Waals surface area contributed by atoms with E-state index < -0.39 is 82.2 Å². The largest absolute Gasteiger partial charge is 0.416 e. The van der Waals surface area contributed by atoms with Gasteiger partial charge in [0.15, 0.2) is 11.4 Å². The summed E-state index contributed by atoms with van der Waals surface area (Å²) in [7, 11) is 0. The molecule has 7 nitrogen and oxygen atoms in total. The van der Waals surface area contributed by atoms with E-state index in [-0.39, 0.29) is 16.7 Å². The molecule has 4 rings (SSSR count). The first-order valence-corrected chi connectivity index (χ1v) is 10.8. The molecule has 0 aliphatic carbocycles. The number of aryl methyl sites for hydroxylation is 1. The van der Waals surface area contributed by atoms with Crippen LogP contribution >= 0.6 is 11.6 Å². The van der Waals surface area contributed by atoms with Crippen molar-refractivity contribution in [1.82, 2.24) is 4.98 Å². The van der Waals surface area contributed by atoms with E-state index in [0.29, 0.717) is 23.1 Å². The molecule has 36 heavy (non-hydrogen) atoms. The summed E-state index contributed by atoms with van der Waals surface area (Å²) in [5.41, 5.74) is -4.31. The smallest absolute Gasteiger partial charge is 0.341 e. The Bertz CT molecular complexity index is 1370. The third kappa shape index (κ3) is 4.20. The van der Waals surface area contributed by atoms with E-state index in [9.17, 15) is 31.5 Å². The number of benzene rings is 1. The monoisotopic (exact) mass is 536 g/mol. The maximum atomic E-state index is 14.8. The highest BCUT2D eigenvalue weighted by molar-refractivity contribution is 6.31. The summed E-state index contributed by atoms with van der Waals surface area (Å²) in [4.78, 5) is 32.2. The van der Waals surface area contributed by atoms with Crippen LogP contribution in [-0.2, 0) is 25.2 Å². The number of hydrogen-bond donors (Lipinski definition) is 0. The first-order chi connectivity index (χ1) is 17.7. The molecule has 0 N–H and O–H groups in total. The Hall–Kier alpha value is -2.83. The molecule has 3 atom stereocenters. The van der Waals surface area contributed by atoms with Crippen LogP contribution < -0.4 is 9.80 Å². The minimum atomic E-state index is -4.86. The van der Waals surface area contributed by atoms with E-state index in [2.05, 4.69) is 4.98 Å². The molecule has 0 spiro atoms. The quantitative estimate of drug-likeness (QED) is 0.422. The van der Waals surface area contributed by atoms with Gasteiger partial charge in [0.05, 0.1) is 16.3 Å². The van der Waals surface area contributed by atoms with E-state index in [1.165, 1.54) is 27.7 Å². The Kier molecular flexibility index (Phi) is 5.19. The second-order valence-electron chi connectivity index (χ2n) is 9.01. The van der Waals surface area contributed by atoms with Gasteiger partial charge in [-0.2, -0.15) is 13.2 Å². The van der Waals surface area contributed by atoms with Gasteiger partial charge in [0.1, 0.15) is 29.6 Å². The Balaban J connectivity index is 1.95. The van der Waals surface area contributed by atoms with Gasteiger partial charge in [-0.3, -0.25) is 14.5 Å². The molecule has 1 aromatic carbocycles. The Morgan fingerprint density at radius 1 is 1.19 bits per heavy atom. The summed E-state index contributed by atoms with van der Waals surface area (Å²) in [5, 5.41) is -0.714. The van der Waals surface area contributed by atoms with Crippen molar-refractivity contribution < 1.29 is 45.1 Å². The maximum absolute atomic E-state index is 14.8. The average Bonchev–Trinajstić information content (AvgIpc) is 3.13. The topological polar surface area (TPSA) is 72.0 Å². The molecule has 0 saturated carbocycles. The number of nitrogens with zero attached hydrogens (tertiary/aromatic N) is 3. The molecule has 0 bridgehead atoms. The van der Waals surface area contributed by atoms with Gasteiger partial charge in [0.25, 0.3) is 11.8 Å². The summed E-state index contributed by atoms with van der Waals surface area (Å²) in [6.45, 7) is 1.83. The first kappa shape index (κ1) is 22.4. The lowest BCUT2D eigenvalue weighted by Crippen LogP contribution is -2.51. The van der Waals surface area contributed by atoms with Gasteiger partial charge in [0, 0.05) is 22.8 Å². The fraction of sp³-hybridized carbons (Fsp3) is 0.435. The number of pyridine rings is 1. The van der Waals surface area contributed by atoms with Crippen molar-refractivity contribution in [1.29, 1.82) is 0 Å². The number of hydrogen-bond acceptors (Lipinski definition) is 5. The average molecular weight is 537 g/mol. The number of anilines is 2. The number of carbonyl (C=O) groups excluding carboxylic acids is 2. The fourth-order valence-electron chi connectivity index (χ4n) is 4.40. The third-order valence-corrected chi connectivity index (χ3v) is 6.13. The van der Waals surface area contributed by atoms with E-state index >= 15 is 0 Å². The predicted molar refractivity (Wildman–Crippen MR) is 118 cm³/mol. The fourth-order valence-corrected chi connectivity index (χ4v) is 4.56. The van der Waals surface area contributed by atoms with Crippen LogP contribution in [0.3, 0.4) is 0 Å². The highest BCUT2D eigenvalue weighted by Crippen LogP contribution is 2.47. The number of likely N-dealkylation sites (N-methyl/N-ethyl adjacent to an activating group) is 1. The first-order valence-electron chi connectivity index (χ1n) is 11.9. The third-order valence-electron chi connectivity index (χ3n) is 5.84. The molecule has 13 heteroatoms. The van der Waals surface area contributed by atoms with E-state index in [4.69, 9.17) is 25.2 Å².